The van der Waals surface area contributed by atoms with E-state index in [4.69, 9.17) is 26.3 Å². The first-order valence-corrected chi connectivity index (χ1v) is 9.24. The first kappa shape index (κ1) is 19.6. The number of nitriles is 1. The molecule has 7 heteroatoms. The van der Waals surface area contributed by atoms with E-state index in [0.717, 1.165) is 5.52 Å². The Morgan fingerprint density at radius 1 is 1.25 bits per heavy atom. The molecule has 0 N–H and O–H groups in total. The highest BCUT2D eigenvalue weighted by Crippen LogP contribution is 2.35. The summed E-state index contributed by atoms with van der Waals surface area (Å²) in [5.74, 6) is 1.63. The van der Waals surface area contributed by atoms with Crippen LogP contribution in [0.3, 0.4) is 0 Å². The van der Waals surface area contributed by atoms with Crippen molar-refractivity contribution in [3.05, 3.63) is 59.4 Å². The number of fused-ring (bicyclic) bond motifs is 1. The highest BCUT2D eigenvalue weighted by atomic mass is 35.5. The molecule has 1 amide bonds. The van der Waals surface area contributed by atoms with Gasteiger partial charge in [-0.3, -0.25) is 4.79 Å². The Bertz CT molecular complexity index is 1040. The molecule has 0 radical (unpaired) electrons. The SMILES string of the molecule is CCC(=O)N(C)CCOc1cc(Cl)ccc1Oc1cccn2cc(C#N)cc12. The smallest absolute Gasteiger partial charge is 0.222 e. The zero-order valence-electron chi connectivity index (χ0n) is 15.7. The number of carbonyl (C=O) groups is 1. The zero-order valence-corrected chi connectivity index (χ0v) is 16.4. The maximum Gasteiger partial charge on any atom is 0.222 e. The van der Waals surface area contributed by atoms with Crippen molar-refractivity contribution in [1.29, 1.82) is 5.26 Å². The average molecular weight is 398 g/mol. The van der Waals surface area contributed by atoms with E-state index in [0.29, 0.717) is 47.4 Å². The second-order valence-electron chi connectivity index (χ2n) is 6.22. The molecule has 0 aliphatic heterocycles. The lowest BCUT2D eigenvalue weighted by Gasteiger charge is -2.18. The molecule has 144 valence electrons. The summed E-state index contributed by atoms with van der Waals surface area (Å²) in [4.78, 5) is 13.3. The predicted octanol–water partition coefficient (Wildman–Crippen LogP) is 4.50. The van der Waals surface area contributed by atoms with Crippen molar-refractivity contribution in [1.82, 2.24) is 9.30 Å². The lowest BCUT2D eigenvalue weighted by atomic mass is 10.3. The van der Waals surface area contributed by atoms with Gasteiger partial charge in [0.15, 0.2) is 17.2 Å². The van der Waals surface area contributed by atoms with Gasteiger partial charge >= 0.3 is 0 Å². The van der Waals surface area contributed by atoms with E-state index in [2.05, 4.69) is 6.07 Å². The summed E-state index contributed by atoms with van der Waals surface area (Å²) in [5.41, 5.74) is 1.32. The maximum absolute atomic E-state index is 11.7. The number of likely N-dealkylation sites (N-methyl/N-ethyl adjacent to an activating group) is 1. The summed E-state index contributed by atoms with van der Waals surface area (Å²) in [7, 11) is 1.74. The van der Waals surface area contributed by atoms with Crippen LogP contribution in [0.5, 0.6) is 17.2 Å². The Morgan fingerprint density at radius 2 is 2.07 bits per heavy atom. The number of amides is 1. The van der Waals surface area contributed by atoms with Gasteiger partial charge in [-0.25, -0.2) is 0 Å². The van der Waals surface area contributed by atoms with E-state index >= 15 is 0 Å². The van der Waals surface area contributed by atoms with Crippen molar-refractivity contribution in [2.24, 2.45) is 0 Å². The third-order valence-corrected chi connectivity index (χ3v) is 4.50. The Kier molecular flexibility index (Phi) is 6.07. The van der Waals surface area contributed by atoms with Crippen LogP contribution in [-0.4, -0.2) is 35.4 Å². The Labute approximate surface area is 168 Å². The molecule has 0 unspecified atom stereocenters. The van der Waals surface area contributed by atoms with Gasteiger partial charge in [0.1, 0.15) is 12.7 Å². The fourth-order valence-corrected chi connectivity index (χ4v) is 2.90. The number of halogens is 1. The molecule has 28 heavy (non-hydrogen) atoms. The highest BCUT2D eigenvalue weighted by molar-refractivity contribution is 6.30. The van der Waals surface area contributed by atoms with Crippen LogP contribution in [0, 0.1) is 11.3 Å². The topological polar surface area (TPSA) is 67.0 Å². The summed E-state index contributed by atoms with van der Waals surface area (Å²) in [6, 6.07) is 12.7. The normalized spacial score (nSPS) is 10.5. The van der Waals surface area contributed by atoms with Crippen LogP contribution in [-0.2, 0) is 4.79 Å². The molecule has 3 aromatic rings. The van der Waals surface area contributed by atoms with E-state index in [1.54, 1.807) is 42.4 Å². The van der Waals surface area contributed by atoms with Gasteiger partial charge in [-0.1, -0.05) is 18.5 Å². The standard InChI is InChI=1S/C21H20ClN3O3/c1-3-21(26)24(2)9-10-27-20-12-16(22)6-7-19(20)28-18-5-4-8-25-14-15(13-23)11-17(18)25/h4-8,11-12,14H,3,9-10H2,1-2H3. The average Bonchev–Trinajstić information content (AvgIpc) is 3.13. The molecule has 0 fully saturated rings. The van der Waals surface area contributed by atoms with Gasteiger partial charge in [0, 0.05) is 37.0 Å². The fourth-order valence-electron chi connectivity index (χ4n) is 2.74. The summed E-state index contributed by atoms with van der Waals surface area (Å²) in [6.07, 6.45) is 4.04. The summed E-state index contributed by atoms with van der Waals surface area (Å²) < 4.78 is 13.7. The third-order valence-electron chi connectivity index (χ3n) is 4.26. The van der Waals surface area contributed by atoms with Gasteiger partial charge in [-0.05, 0) is 30.3 Å². The fraction of sp³-hybridized carbons (Fsp3) is 0.238. The van der Waals surface area contributed by atoms with Crippen LogP contribution in [0.2, 0.25) is 5.02 Å². The third kappa shape index (κ3) is 4.38. The van der Waals surface area contributed by atoms with E-state index in [1.807, 2.05) is 29.7 Å². The molecule has 2 heterocycles. The second kappa shape index (κ2) is 8.68. The molecule has 0 bridgehead atoms. The Hall–Kier alpha value is -3.17. The van der Waals surface area contributed by atoms with Crippen LogP contribution < -0.4 is 9.47 Å². The Balaban J connectivity index is 1.80. The van der Waals surface area contributed by atoms with Gasteiger partial charge in [0.2, 0.25) is 5.91 Å². The number of ether oxygens (including phenoxy) is 2. The monoisotopic (exact) mass is 397 g/mol. The highest BCUT2D eigenvalue weighted by Gasteiger charge is 2.12. The van der Waals surface area contributed by atoms with Gasteiger partial charge < -0.3 is 18.8 Å². The molecule has 2 aromatic heterocycles. The minimum absolute atomic E-state index is 0.0550. The largest absolute Gasteiger partial charge is 0.488 e. The molecular weight excluding hydrogens is 378 g/mol. The first-order valence-electron chi connectivity index (χ1n) is 8.86. The second-order valence-corrected chi connectivity index (χ2v) is 6.65. The van der Waals surface area contributed by atoms with Crippen molar-refractivity contribution < 1.29 is 14.3 Å². The Morgan fingerprint density at radius 3 is 2.82 bits per heavy atom. The van der Waals surface area contributed by atoms with Gasteiger partial charge in [-0.15, -0.1) is 0 Å². The van der Waals surface area contributed by atoms with E-state index < -0.39 is 0 Å². The van der Waals surface area contributed by atoms with Crippen LogP contribution in [0.15, 0.2) is 48.8 Å². The van der Waals surface area contributed by atoms with Gasteiger partial charge in [0.05, 0.1) is 17.6 Å². The number of hydrogen-bond acceptors (Lipinski definition) is 4. The molecule has 0 atom stereocenters. The van der Waals surface area contributed by atoms with Crippen molar-refractivity contribution in [3.8, 4) is 23.3 Å². The van der Waals surface area contributed by atoms with Gasteiger partial charge in [0.25, 0.3) is 0 Å². The summed E-state index contributed by atoms with van der Waals surface area (Å²) in [5, 5.41) is 9.65. The molecule has 0 saturated heterocycles. The number of nitrogens with zero attached hydrogens (tertiary/aromatic N) is 3. The molecule has 0 spiro atoms. The van der Waals surface area contributed by atoms with Crippen molar-refractivity contribution >= 4 is 23.0 Å². The number of carbonyl (C=O) groups excluding carboxylic acids is 1. The number of benzene rings is 1. The van der Waals surface area contributed by atoms with Gasteiger partial charge in [-0.2, -0.15) is 5.26 Å². The first-order chi connectivity index (χ1) is 13.5. The predicted molar refractivity (Wildman–Crippen MR) is 107 cm³/mol. The minimum Gasteiger partial charge on any atom is -0.488 e. The molecular formula is C21H20ClN3O3. The molecule has 0 aliphatic carbocycles. The quantitative estimate of drug-likeness (QED) is 0.588. The van der Waals surface area contributed by atoms with Crippen molar-refractivity contribution in [2.75, 3.05) is 20.2 Å². The van der Waals surface area contributed by atoms with Crippen LogP contribution in [0.4, 0.5) is 0 Å². The lowest BCUT2D eigenvalue weighted by molar-refractivity contribution is -0.129. The molecule has 1 aromatic carbocycles. The number of rotatable bonds is 7. The molecule has 0 aliphatic rings. The van der Waals surface area contributed by atoms with E-state index in [-0.39, 0.29) is 5.91 Å². The minimum atomic E-state index is 0.0550. The number of aromatic nitrogens is 1. The molecule has 6 nitrogen and oxygen atoms in total. The summed E-state index contributed by atoms with van der Waals surface area (Å²) >= 11 is 6.11. The number of hydrogen-bond donors (Lipinski definition) is 0. The van der Waals surface area contributed by atoms with E-state index in [1.165, 1.54) is 0 Å². The van der Waals surface area contributed by atoms with E-state index in [9.17, 15) is 4.79 Å². The van der Waals surface area contributed by atoms with Crippen LogP contribution in [0.25, 0.3) is 5.52 Å². The van der Waals surface area contributed by atoms with Crippen LogP contribution in [0.1, 0.15) is 18.9 Å². The number of pyridine rings is 1. The van der Waals surface area contributed by atoms with Crippen molar-refractivity contribution in [3.63, 3.8) is 0 Å². The summed E-state index contributed by atoms with van der Waals surface area (Å²) in [6.45, 7) is 2.59. The van der Waals surface area contributed by atoms with Crippen molar-refractivity contribution in [2.45, 2.75) is 13.3 Å². The zero-order chi connectivity index (χ0) is 20.1. The molecule has 3 rings (SSSR count). The lowest BCUT2D eigenvalue weighted by Crippen LogP contribution is -2.30. The maximum atomic E-state index is 11.7. The molecule has 0 saturated carbocycles. The van der Waals surface area contributed by atoms with Crippen LogP contribution >= 0.6 is 11.6 Å².